The summed E-state index contributed by atoms with van der Waals surface area (Å²) in [6, 6.07) is 5.68. The van der Waals surface area contributed by atoms with Gasteiger partial charge in [0.25, 0.3) is 0 Å². The molecule has 0 N–H and O–H groups in total. The first-order chi connectivity index (χ1) is 13.3. The van der Waals surface area contributed by atoms with Gasteiger partial charge in [0.15, 0.2) is 0 Å². The smallest absolute Gasteiger partial charge is 0.227 e. The van der Waals surface area contributed by atoms with Crippen molar-refractivity contribution in [2.45, 2.75) is 52.6 Å². The van der Waals surface area contributed by atoms with E-state index in [9.17, 15) is 4.79 Å². The summed E-state index contributed by atoms with van der Waals surface area (Å²) in [5.41, 5.74) is -0.202. The van der Waals surface area contributed by atoms with E-state index in [0.717, 1.165) is 51.4 Å². The Labute approximate surface area is 171 Å². The number of hydrogen-bond acceptors (Lipinski definition) is 5. The molecule has 0 saturated carbocycles. The van der Waals surface area contributed by atoms with E-state index in [4.69, 9.17) is 4.74 Å². The van der Waals surface area contributed by atoms with E-state index in [-0.39, 0.29) is 11.5 Å². The SMILES string of the molecule is CCC(=O)N(CCCC(C)(C)OCCN(CC)CCN(C)C)c1ccccn1. The molecule has 1 aromatic heterocycles. The van der Waals surface area contributed by atoms with Crippen LogP contribution in [0.15, 0.2) is 24.4 Å². The van der Waals surface area contributed by atoms with Gasteiger partial charge in [0.1, 0.15) is 5.82 Å². The molecule has 0 atom stereocenters. The van der Waals surface area contributed by atoms with Crippen molar-refractivity contribution in [2.24, 2.45) is 0 Å². The topological polar surface area (TPSA) is 48.9 Å². The van der Waals surface area contributed by atoms with Crippen LogP contribution in [-0.4, -0.2) is 79.7 Å². The molecule has 0 spiro atoms. The zero-order valence-corrected chi connectivity index (χ0v) is 18.8. The number of likely N-dealkylation sites (N-methyl/N-ethyl adjacent to an activating group) is 2. The highest BCUT2D eigenvalue weighted by atomic mass is 16.5. The number of pyridine rings is 1. The van der Waals surface area contributed by atoms with E-state index in [0.29, 0.717) is 13.0 Å². The predicted octanol–water partition coefficient (Wildman–Crippen LogP) is 3.28. The zero-order valence-electron chi connectivity index (χ0n) is 18.8. The Hall–Kier alpha value is -1.50. The van der Waals surface area contributed by atoms with Crippen LogP contribution < -0.4 is 4.90 Å². The molecule has 0 aliphatic rings. The Morgan fingerprint density at radius 3 is 2.43 bits per heavy atom. The van der Waals surface area contributed by atoms with Gasteiger partial charge in [0.05, 0.1) is 12.2 Å². The van der Waals surface area contributed by atoms with Gasteiger partial charge < -0.3 is 14.5 Å². The lowest BCUT2D eigenvalue weighted by atomic mass is 10.0. The molecule has 0 unspecified atom stereocenters. The van der Waals surface area contributed by atoms with Crippen molar-refractivity contribution in [1.29, 1.82) is 0 Å². The summed E-state index contributed by atoms with van der Waals surface area (Å²) in [6.45, 7) is 13.9. The van der Waals surface area contributed by atoms with E-state index >= 15 is 0 Å². The van der Waals surface area contributed by atoms with Gasteiger partial charge in [-0.25, -0.2) is 4.98 Å². The Morgan fingerprint density at radius 1 is 1.11 bits per heavy atom. The first-order valence-electron chi connectivity index (χ1n) is 10.5. The number of aromatic nitrogens is 1. The van der Waals surface area contributed by atoms with Gasteiger partial charge in [-0.1, -0.05) is 19.9 Å². The molecular weight excluding hydrogens is 352 g/mol. The van der Waals surface area contributed by atoms with Gasteiger partial charge >= 0.3 is 0 Å². The Bertz CT molecular complexity index is 549. The van der Waals surface area contributed by atoms with Gasteiger partial charge in [-0.2, -0.15) is 0 Å². The molecule has 1 aromatic rings. The van der Waals surface area contributed by atoms with Crippen LogP contribution in [0.5, 0.6) is 0 Å². The van der Waals surface area contributed by atoms with Gasteiger partial charge in [-0.05, 0) is 59.5 Å². The summed E-state index contributed by atoms with van der Waals surface area (Å²) in [7, 11) is 4.20. The van der Waals surface area contributed by atoms with Gasteiger partial charge in [-0.3, -0.25) is 9.69 Å². The number of ether oxygens (including phenoxy) is 1. The summed E-state index contributed by atoms with van der Waals surface area (Å²) in [5, 5.41) is 0. The molecule has 1 rings (SSSR count). The molecule has 0 aliphatic heterocycles. The van der Waals surface area contributed by atoms with Crippen LogP contribution in [-0.2, 0) is 9.53 Å². The van der Waals surface area contributed by atoms with Crippen molar-refractivity contribution < 1.29 is 9.53 Å². The number of carbonyl (C=O) groups excluding carboxylic acids is 1. The lowest BCUT2D eigenvalue weighted by molar-refractivity contribution is -0.118. The lowest BCUT2D eigenvalue weighted by Gasteiger charge is -2.29. The second-order valence-electron chi connectivity index (χ2n) is 8.04. The van der Waals surface area contributed by atoms with Crippen LogP contribution in [0.25, 0.3) is 0 Å². The van der Waals surface area contributed by atoms with Crippen LogP contribution in [0.3, 0.4) is 0 Å². The van der Waals surface area contributed by atoms with Crippen LogP contribution in [0.1, 0.15) is 47.0 Å². The van der Waals surface area contributed by atoms with Crippen LogP contribution in [0.2, 0.25) is 0 Å². The normalized spacial score (nSPS) is 12.0. The Balaban J connectivity index is 2.43. The van der Waals surface area contributed by atoms with E-state index in [1.54, 1.807) is 11.1 Å². The molecule has 6 nitrogen and oxygen atoms in total. The number of nitrogens with zero attached hydrogens (tertiary/aromatic N) is 4. The third-order valence-corrected chi connectivity index (χ3v) is 4.90. The summed E-state index contributed by atoms with van der Waals surface area (Å²) in [4.78, 5) is 23.0. The molecule has 0 bridgehead atoms. The third-order valence-electron chi connectivity index (χ3n) is 4.90. The lowest BCUT2D eigenvalue weighted by Crippen LogP contribution is -2.37. The predicted molar refractivity (Wildman–Crippen MR) is 117 cm³/mol. The van der Waals surface area contributed by atoms with Crippen molar-refractivity contribution in [3.63, 3.8) is 0 Å². The second kappa shape index (κ2) is 12.9. The molecule has 0 aromatic carbocycles. The molecule has 0 saturated heterocycles. The van der Waals surface area contributed by atoms with Crippen LogP contribution >= 0.6 is 0 Å². The van der Waals surface area contributed by atoms with Crippen LogP contribution in [0, 0.1) is 0 Å². The largest absolute Gasteiger partial charge is 0.374 e. The summed E-state index contributed by atoms with van der Waals surface area (Å²) < 4.78 is 6.17. The number of amides is 1. The quantitative estimate of drug-likeness (QED) is 0.486. The Morgan fingerprint density at radius 2 is 1.86 bits per heavy atom. The number of rotatable bonds is 14. The molecular formula is C22H40N4O2. The molecule has 0 fully saturated rings. The molecule has 160 valence electrons. The molecule has 0 aliphatic carbocycles. The summed E-state index contributed by atoms with van der Waals surface area (Å²) in [5.74, 6) is 0.837. The number of carbonyl (C=O) groups is 1. The van der Waals surface area contributed by atoms with E-state index < -0.39 is 0 Å². The van der Waals surface area contributed by atoms with E-state index in [1.165, 1.54) is 0 Å². The fourth-order valence-corrected chi connectivity index (χ4v) is 3.03. The molecule has 6 heteroatoms. The highest BCUT2D eigenvalue weighted by Gasteiger charge is 2.21. The Kier molecular flexibility index (Phi) is 11.3. The number of anilines is 1. The highest BCUT2D eigenvalue weighted by molar-refractivity contribution is 5.92. The molecule has 1 amide bonds. The molecule has 28 heavy (non-hydrogen) atoms. The number of hydrogen-bond donors (Lipinski definition) is 0. The minimum atomic E-state index is -0.202. The van der Waals surface area contributed by atoms with Gasteiger partial charge in [0.2, 0.25) is 5.91 Å². The molecule has 1 heterocycles. The van der Waals surface area contributed by atoms with Crippen molar-refractivity contribution in [3.8, 4) is 0 Å². The minimum Gasteiger partial charge on any atom is -0.374 e. The second-order valence-corrected chi connectivity index (χ2v) is 8.04. The van der Waals surface area contributed by atoms with Gasteiger partial charge in [0, 0.05) is 38.8 Å². The van der Waals surface area contributed by atoms with Gasteiger partial charge in [-0.15, -0.1) is 0 Å². The van der Waals surface area contributed by atoms with Crippen LogP contribution in [0.4, 0.5) is 5.82 Å². The first kappa shape index (κ1) is 24.5. The first-order valence-corrected chi connectivity index (χ1v) is 10.5. The standard InChI is InChI=1S/C22H40N4O2/c1-7-21(27)26(20-12-9-10-14-23-20)15-11-13-22(3,4)28-19-18-25(8-2)17-16-24(5)6/h9-10,12,14H,7-8,11,13,15-19H2,1-6H3. The van der Waals surface area contributed by atoms with Crippen molar-refractivity contribution >= 4 is 11.7 Å². The fourth-order valence-electron chi connectivity index (χ4n) is 3.03. The maximum absolute atomic E-state index is 12.3. The highest BCUT2D eigenvalue weighted by Crippen LogP contribution is 2.19. The maximum Gasteiger partial charge on any atom is 0.227 e. The average Bonchev–Trinajstić information content (AvgIpc) is 2.67. The monoisotopic (exact) mass is 392 g/mol. The maximum atomic E-state index is 12.3. The fraction of sp³-hybridized carbons (Fsp3) is 0.727. The van der Waals surface area contributed by atoms with Crippen molar-refractivity contribution in [3.05, 3.63) is 24.4 Å². The molecule has 0 radical (unpaired) electrons. The van der Waals surface area contributed by atoms with E-state index in [2.05, 4.69) is 49.7 Å². The van der Waals surface area contributed by atoms with Crippen molar-refractivity contribution in [2.75, 3.05) is 58.3 Å². The zero-order chi connectivity index (χ0) is 21.0. The summed E-state index contributed by atoms with van der Waals surface area (Å²) in [6.07, 6.45) is 4.00. The third kappa shape index (κ3) is 9.62. The van der Waals surface area contributed by atoms with Crippen molar-refractivity contribution in [1.82, 2.24) is 14.8 Å². The van der Waals surface area contributed by atoms with E-state index in [1.807, 2.05) is 25.1 Å². The average molecular weight is 393 g/mol. The minimum absolute atomic E-state index is 0.108. The summed E-state index contributed by atoms with van der Waals surface area (Å²) >= 11 is 0.